The van der Waals surface area contributed by atoms with Crippen molar-refractivity contribution in [1.82, 2.24) is 9.97 Å². The fraction of sp³-hybridized carbons (Fsp3) is 0.657. The number of nitrogens with zero attached hydrogens (tertiary/aromatic N) is 3. The average Bonchev–Trinajstić information content (AvgIpc) is 2.99. The topological polar surface area (TPSA) is 75.9 Å². The van der Waals surface area contributed by atoms with E-state index in [2.05, 4.69) is 29.9 Å². The zero-order valence-electron chi connectivity index (χ0n) is 25.1. The highest BCUT2D eigenvalue weighted by Gasteiger charge is 2.43. The second kappa shape index (κ2) is 17.8. The van der Waals surface area contributed by atoms with E-state index >= 15 is 0 Å². The van der Waals surface area contributed by atoms with E-state index in [1.54, 1.807) is 12.1 Å². The molecule has 5 nitrogen and oxygen atoms in total. The van der Waals surface area contributed by atoms with Gasteiger partial charge in [0.05, 0.1) is 6.07 Å². The molecule has 1 fully saturated rings. The van der Waals surface area contributed by atoms with E-state index in [0.717, 1.165) is 24.8 Å². The van der Waals surface area contributed by atoms with Gasteiger partial charge >= 0.3 is 5.97 Å². The van der Waals surface area contributed by atoms with Crippen LogP contribution in [0.5, 0.6) is 5.75 Å². The van der Waals surface area contributed by atoms with E-state index in [4.69, 9.17) is 4.74 Å². The third-order valence-electron chi connectivity index (χ3n) is 8.63. The largest absolute Gasteiger partial charge is 0.425 e. The Morgan fingerprint density at radius 1 is 0.850 bits per heavy atom. The van der Waals surface area contributed by atoms with Gasteiger partial charge in [-0.3, -0.25) is 0 Å². The molecule has 0 radical (unpaired) electrons. The predicted octanol–water partition coefficient (Wildman–Crippen LogP) is 9.79. The van der Waals surface area contributed by atoms with Gasteiger partial charge in [-0.1, -0.05) is 97.3 Å². The fourth-order valence-corrected chi connectivity index (χ4v) is 5.83. The summed E-state index contributed by atoms with van der Waals surface area (Å²) < 4.78 is 5.71. The predicted molar refractivity (Wildman–Crippen MR) is 163 cm³/mol. The van der Waals surface area contributed by atoms with Crippen molar-refractivity contribution >= 4 is 5.97 Å². The molecular formula is C35H51N3O2. The SMILES string of the molecule is CCCCCCCCCCc1cnc(-c2ccc(OC(=O)[C@]3(C#N)CC[C@H](CCCCCCC)CC3)cc2)nc1. The molecule has 3 rings (SSSR count). The molecule has 1 aliphatic carbocycles. The van der Waals surface area contributed by atoms with Gasteiger partial charge in [-0.05, 0) is 74.3 Å². The van der Waals surface area contributed by atoms with E-state index in [1.165, 1.54) is 95.5 Å². The van der Waals surface area contributed by atoms with Gasteiger partial charge < -0.3 is 4.74 Å². The Labute approximate surface area is 243 Å². The standard InChI is InChI=1S/C35H51N3O2/c1-3-5-7-9-10-11-13-15-17-30-26-37-33(38-27-30)31-18-20-32(21-19-31)40-34(39)35(28-36)24-22-29(23-25-35)16-14-12-8-6-4-2/h18-21,26-27,29H,3-17,22-25H2,1-2H3/t29-,35+. The molecule has 1 aromatic carbocycles. The lowest BCUT2D eigenvalue weighted by molar-refractivity contribution is -0.144. The van der Waals surface area contributed by atoms with E-state index in [9.17, 15) is 10.1 Å². The maximum Gasteiger partial charge on any atom is 0.331 e. The second-order valence-corrected chi connectivity index (χ2v) is 11.9. The molecule has 0 atom stereocenters. The number of esters is 1. The Hall–Kier alpha value is -2.74. The summed E-state index contributed by atoms with van der Waals surface area (Å²) in [5, 5.41) is 9.92. The highest BCUT2D eigenvalue weighted by atomic mass is 16.5. The third-order valence-corrected chi connectivity index (χ3v) is 8.63. The average molecular weight is 546 g/mol. The molecular weight excluding hydrogens is 494 g/mol. The first kappa shape index (κ1) is 31.8. The number of unbranched alkanes of at least 4 members (excludes halogenated alkanes) is 11. The van der Waals surface area contributed by atoms with E-state index in [1.807, 2.05) is 24.5 Å². The monoisotopic (exact) mass is 545 g/mol. The maximum absolute atomic E-state index is 13.1. The van der Waals surface area contributed by atoms with Crippen LogP contribution in [0.4, 0.5) is 0 Å². The number of benzene rings is 1. The van der Waals surface area contributed by atoms with Gasteiger partial charge in [0.25, 0.3) is 0 Å². The Morgan fingerprint density at radius 2 is 1.40 bits per heavy atom. The summed E-state index contributed by atoms with van der Waals surface area (Å²) in [4.78, 5) is 22.2. The highest BCUT2D eigenvalue weighted by Crippen LogP contribution is 2.41. The lowest BCUT2D eigenvalue weighted by Crippen LogP contribution is -2.37. The number of hydrogen-bond donors (Lipinski definition) is 0. The third kappa shape index (κ3) is 10.3. The molecule has 1 aliphatic rings. The van der Waals surface area contributed by atoms with Crippen LogP contribution >= 0.6 is 0 Å². The van der Waals surface area contributed by atoms with E-state index < -0.39 is 11.4 Å². The van der Waals surface area contributed by atoms with Crippen LogP contribution in [-0.2, 0) is 11.2 Å². The minimum absolute atomic E-state index is 0.411. The molecule has 1 aromatic heterocycles. The molecule has 0 bridgehead atoms. The summed E-state index contributed by atoms with van der Waals surface area (Å²) in [5.74, 6) is 1.35. The van der Waals surface area contributed by atoms with Crippen molar-refractivity contribution in [2.45, 2.75) is 136 Å². The first-order chi connectivity index (χ1) is 19.6. The van der Waals surface area contributed by atoms with Crippen molar-refractivity contribution in [1.29, 1.82) is 5.26 Å². The number of nitriles is 1. The molecule has 0 unspecified atom stereocenters. The van der Waals surface area contributed by atoms with E-state index in [-0.39, 0.29) is 0 Å². The molecule has 40 heavy (non-hydrogen) atoms. The van der Waals surface area contributed by atoms with Crippen LogP contribution in [0.1, 0.15) is 135 Å². The fourth-order valence-electron chi connectivity index (χ4n) is 5.83. The van der Waals surface area contributed by atoms with Crippen LogP contribution in [-0.4, -0.2) is 15.9 Å². The molecule has 0 amide bonds. The minimum Gasteiger partial charge on any atom is -0.425 e. The van der Waals surface area contributed by atoms with Gasteiger partial charge in [-0.2, -0.15) is 5.26 Å². The smallest absolute Gasteiger partial charge is 0.331 e. The van der Waals surface area contributed by atoms with Crippen molar-refractivity contribution in [3.8, 4) is 23.2 Å². The van der Waals surface area contributed by atoms with Gasteiger partial charge in [0.1, 0.15) is 5.75 Å². The lowest BCUT2D eigenvalue weighted by atomic mass is 9.70. The van der Waals surface area contributed by atoms with Crippen LogP contribution in [0.3, 0.4) is 0 Å². The number of hydrogen-bond acceptors (Lipinski definition) is 5. The Balaban J connectivity index is 1.42. The number of aromatic nitrogens is 2. The van der Waals surface area contributed by atoms with Crippen molar-refractivity contribution in [3.05, 3.63) is 42.2 Å². The number of rotatable bonds is 18. The molecule has 0 spiro atoms. The minimum atomic E-state index is -1.02. The first-order valence-electron chi connectivity index (χ1n) is 16.1. The Kier molecular flexibility index (Phi) is 14.2. The van der Waals surface area contributed by atoms with Crippen molar-refractivity contribution < 1.29 is 9.53 Å². The van der Waals surface area contributed by atoms with Gasteiger partial charge in [-0.25, -0.2) is 14.8 Å². The molecule has 1 heterocycles. The Bertz CT molecular complexity index is 1020. The van der Waals surface area contributed by atoms with Crippen molar-refractivity contribution in [2.24, 2.45) is 11.3 Å². The van der Waals surface area contributed by atoms with Gasteiger partial charge in [-0.15, -0.1) is 0 Å². The van der Waals surface area contributed by atoms with Crippen LogP contribution < -0.4 is 4.74 Å². The normalized spacial score (nSPS) is 18.8. The maximum atomic E-state index is 13.1. The molecule has 2 aromatic rings. The van der Waals surface area contributed by atoms with Crippen LogP contribution in [0, 0.1) is 22.7 Å². The molecule has 0 saturated heterocycles. The van der Waals surface area contributed by atoms with E-state index in [0.29, 0.717) is 30.3 Å². The summed E-state index contributed by atoms with van der Waals surface area (Å²) in [6.45, 7) is 4.50. The van der Waals surface area contributed by atoms with Gasteiger partial charge in [0, 0.05) is 18.0 Å². The molecule has 0 N–H and O–H groups in total. The zero-order chi connectivity index (χ0) is 28.5. The van der Waals surface area contributed by atoms with Crippen LogP contribution in [0.15, 0.2) is 36.7 Å². The summed E-state index contributed by atoms with van der Waals surface area (Å²) in [6, 6.07) is 9.63. The van der Waals surface area contributed by atoms with Gasteiger partial charge in [0.2, 0.25) is 0 Å². The number of carbonyl (C=O) groups excluding carboxylic acids is 1. The number of ether oxygens (including phenoxy) is 1. The molecule has 0 aliphatic heterocycles. The van der Waals surface area contributed by atoms with Gasteiger partial charge in [0.15, 0.2) is 11.2 Å². The summed E-state index contributed by atoms with van der Waals surface area (Å²) in [6.07, 6.45) is 26.1. The molecule has 218 valence electrons. The first-order valence-corrected chi connectivity index (χ1v) is 16.1. The second-order valence-electron chi connectivity index (χ2n) is 11.9. The number of carbonyl (C=O) groups is 1. The Morgan fingerprint density at radius 3 is 1.98 bits per heavy atom. The van der Waals surface area contributed by atoms with Crippen molar-refractivity contribution in [2.75, 3.05) is 0 Å². The zero-order valence-corrected chi connectivity index (χ0v) is 25.1. The van der Waals surface area contributed by atoms with Crippen LogP contribution in [0.2, 0.25) is 0 Å². The highest BCUT2D eigenvalue weighted by molar-refractivity contribution is 5.82. The summed E-state index contributed by atoms with van der Waals surface area (Å²) in [5.41, 5.74) is 1.03. The summed E-state index contributed by atoms with van der Waals surface area (Å²) in [7, 11) is 0. The molecule has 5 heteroatoms. The lowest BCUT2D eigenvalue weighted by Gasteiger charge is -2.33. The quantitative estimate of drug-likeness (QED) is 0.106. The van der Waals surface area contributed by atoms with Crippen LogP contribution in [0.25, 0.3) is 11.4 Å². The summed E-state index contributed by atoms with van der Waals surface area (Å²) >= 11 is 0. The number of aryl methyl sites for hydroxylation is 1. The molecule has 1 saturated carbocycles. The van der Waals surface area contributed by atoms with Crippen molar-refractivity contribution in [3.63, 3.8) is 0 Å².